The van der Waals surface area contributed by atoms with Gasteiger partial charge >= 0.3 is 0 Å². The second kappa shape index (κ2) is 5.61. The lowest BCUT2D eigenvalue weighted by atomic mass is 9.86. The van der Waals surface area contributed by atoms with E-state index in [0.717, 1.165) is 23.2 Å². The molecule has 5 heteroatoms. The number of carbonyl (C=O) groups excluding carboxylic acids is 1. The van der Waals surface area contributed by atoms with E-state index >= 15 is 0 Å². The van der Waals surface area contributed by atoms with Gasteiger partial charge in [0.1, 0.15) is 0 Å². The average molecular weight is 308 g/mol. The standard InChI is InChI=1S/C17H22F2N2O/c1-11(20)13-2-3-15-14(10-13)6-9-21(15)16(22)12-4-7-17(18,19)8-5-12/h2-3,10-12H,4-9,20H2,1H3/t11-/m1/s1. The van der Waals surface area contributed by atoms with E-state index in [4.69, 9.17) is 5.73 Å². The molecular weight excluding hydrogens is 286 g/mol. The molecule has 0 aromatic heterocycles. The van der Waals surface area contributed by atoms with Crippen LogP contribution in [-0.4, -0.2) is 18.4 Å². The Bertz CT molecular complexity index is 576. The maximum atomic E-state index is 13.2. The summed E-state index contributed by atoms with van der Waals surface area (Å²) in [6, 6.07) is 5.92. The van der Waals surface area contributed by atoms with Crippen molar-refractivity contribution in [1.29, 1.82) is 0 Å². The van der Waals surface area contributed by atoms with E-state index in [2.05, 4.69) is 6.07 Å². The minimum atomic E-state index is -2.59. The third kappa shape index (κ3) is 2.86. The number of amides is 1. The molecule has 120 valence electrons. The molecular formula is C17H22F2N2O. The predicted molar refractivity (Wildman–Crippen MR) is 82.0 cm³/mol. The number of rotatable bonds is 2. The van der Waals surface area contributed by atoms with Gasteiger partial charge in [-0.05, 0) is 43.4 Å². The van der Waals surface area contributed by atoms with Crippen molar-refractivity contribution in [3.8, 4) is 0 Å². The molecule has 22 heavy (non-hydrogen) atoms. The molecule has 0 spiro atoms. The van der Waals surface area contributed by atoms with Crippen LogP contribution in [0, 0.1) is 5.92 Å². The lowest BCUT2D eigenvalue weighted by Crippen LogP contribution is -2.38. The van der Waals surface area contributed by atoms with Crippen LogP contribution in [0.1, 0.15) is 49.8 Å². The molecule has 1 saturated carbocycles. The monoisotopic (exact) mass is 308 g/mol. The number of hydrogen-bond donors (Lipinski definition) is 1. The molecule has 1 atom stereocenters. The van der Waals surface area contributed by atoms with Crippen LogP contribution in [0.3, 0.4) is 0 Å². The van der Waals surface area contributed by atoms with Gasteiger partial charge < -0.3 is 10.6 Å². The van der Waals surface area contributed by atoms with Crippen molar-refractivity contribution in [1.82, 2.24) is 0 Å². The molecule has 1 aromatic carbocycles. The fourth-order valence-electron chi connectivity index (χ4n) is 3.44. The first-order valence-electron chi connectivity index (χ1n) is 7.95. The number of carbonyl (C=O) groups is 1. The van der Waals surface area contributed by atoms with Crippen LogP contribution in [0.4, 0.5) is 14.5 Å². The highest BCUT2D eigenvalue weighted by atomic mass is 19.3. The molecule has 3 nitrogen and oxygen atoms in total. The van der Waals surface area contributed by atoms with Crippen LogP contribution in [0.25, 0.3) is 0 Å². The van der Waals surface area contributed by atoms with Crippen molar-refractivity contribution in [3.63, 3.8) is 0 Å². The number of hydrogen-bond acceptors (Lipinski definition) is 2. The second-order valence-corrected chi connectivity index (χ2v) is 6.55. The topological polar surface area (TPSA) is 46.3 Å². The minimum absolute atomic E-state index is 0.00259. The summed E-state index contributed by atoms with van der Waals surface area (Å²) >= 11 is 0. The normalized spacial score (nSPS) is 22.5. The highest BCUT2D eigenvalue weighted by molar-refractivity contribution is 5.97. The van der Waals surface area contributed by atoms with E-state index in [9.17, 15) is 13.6 Å². The Morgan fingerprint density at radius 3 is 2.68 bits per heavy atom. The van der Waals surface area contributed by atoms with Crippen LogP contribution >= 0.6 is 0 Å². The van der Waals surface area contributed by atoms with Crippen molar-refractivity contribution in [2.45, 2.75) is 51.0 Å². The Hall–Kier alpha value is -1.49. The highest BCUT2D eigenvalue weighted by Crippen LogP contribution is 2.39. The Morgan fingerprint density at radius 2 is 2.05 bits per heavy atom. The van der Waals surface area contributed by atoms with Gasteiger partial charge in [-0.15, -0.1) is 0 Å². The molecule has 0 bridgehead atoms. The van der Waals surface area contributed by atoms with Gasteiger partial charge in [0.15, 0.2) is 0 Å². The molecule has 1 aliphatic heterocycles. The quantitative estimate of drug-likeness (QED) is 0.910. The third-order valence-corrected chi connectivity index (χ3v) is 4.86. The molecule has 1 amide bonds. The van der Waals surface area contributed by atoms with Gasteiger partial charge in [0.25, 0.3) is 0 Å². The SMILES string of the molecule is C[C@@H](N)c1ccc2c(c1)CCN2C(=O)C1CCC(F)(F)CC1. The van der Waals surface area contributed by atoms with Crippen LogP contribution in [-0.2, 0) is 11.2 Å². The van der Waals surface area contributed by atoms with E-state index in [0.29, 0.717) is 6.54 Å². The van der Waals surface area contributed by atoms with Crippen LogP contribution < -0.4 is 10.6 Å². The molecule has 1 aromatic rings. The van der Waals surface area contributed by atoms with Gasteiger partial charge in [0.2, 0.25) is 11.8 Å². The van der Waals surface area contributed by atoms with E-state index in [1.54, 1.807) is 4.90 Å². The summed E-state index contributed by atoms with van der Waals surface area (Å²) < 4.78 is 26.5. The van der Waals surface area contributed by atoms with Crippen LogP contribution in [0.15, 0.2) is 18.2 Å². The van der Waals surface area contributed by atoms with Crippen molar-refractivity contribution < 1.29 is 13.6 Å². The summed E-state index contributed by atoms with van der Waals surface area (Å²) in [6.07, 6.45) is 1.04. The van der Waals surface area contributed by atoms with E-state index in [1.807, 2.05) is 19.1 Å². The van der Waals surface area contributed by atoms with E-state index < -0.39 is 5.92 Å². The number of nitrogens with zero attached hydrogens (tertiary/aromatic N) is 1. The Balaban J connectivity index is 1.74. The van der Waals surface area contributed by atoms with Crippen molar-refractivity contribution in [2.75, 3.05) is 11.4 Å². The number of halogens is 2. The van der Waals surface area contributed by atoms with Crippen molar-refractivity contribution in [3.05, 3.63) is 29.3 Å². The molecule has 1 fully saturated rings. The lowest BCUT2D eigenvalue weighted by molar-refractivity contribution is -0.126. The van der Waals surface area contributed by atoms with Crippen LogP contribution in [0.2, 0.25) is 0 Å². The molecule has 0 unspecified atom stereocenters. The second-order valence-electron chi connectivity index (χ2n) is 6.55. The third-order valence-electron chi connectivity index (χ3n) is 4.86. The number of nitrogens with two attached hydrogens (primary N) is 1. The first-order chi connectivity index (χ1) is 10.4. The summed E-state index contributed by atoms with van der Waals surface area (Å²) in [6.45, 7) is 2.57. The molecule has 0 saturated heterocycles. The molecule has 1 aliphatic carbocycles. The summed E-state index contributed by atoms with van der Waals surface area (Å²) in [7, 11) is 0. The molecule has 0 radical (unpaired) electrons. The zero-order valence-corrected chi connectivity index (χ0v) is 12.8. The molecule has 3 rings (SSSR count). The maximum Gasteiger partial charge on any atom is 0.248 e. The zero-order chi connectivity index (χ0) is 15.9. The van der Waals surface area contributed by atoms with Gasteiger partial charge in [0, 0.05) is 37.0 Å². The van der Waals surface area contributed by atoms with E-state index in [1.165, 1.54) is 0 Å². The van der Waals surface area contributed by atoms with Crippen LogP contribution in [0.5, 0.6) is 0 Å². The van der Waals surface area contributed by atoms with Gasteiger partial charge in [-0.1, -0.05) is 12.1 Å². The first-order valence-corrected chi connectivity index (χ1v) is 7.95. The van der Waals surface area contributed by atoms with Crippen molar-refractivity contribution >= 4 is 11.6 Å². The number of alkyl halides is 2. The fraction of sp³-hybridized carbons (Fsp3) is 0.588. The summed E-state index contributed by atoms with van der Waals surface area (Å²) in [4.78, 5) is 14.4. The zero-order valence-electron chi connectivity index (χ0n) is 12.8. The summed E-state index contributed by atoms with van der Waals surface area (Å²) in [5.74, 6) is -2.85. The summed E-state index contributed by atoms with van der Waals surface area (Å²) in [5, 5.41) is 0. The minimum Gasteiger partial charge on any atom is -0.324 e. The predicted octanol–water partition coefficient (Wildman–Crippen LogP) is 3.42. The lowest BCUT2D eigenvalue weighted by Gasteiger charge is -2.30. The van der Waals surface area contributed by atoms with Gasteiger partial charge in [0.05, 0.1) is 0 Å². The highest BCUT2D eigenvalue weighted by Gasteiger charge is 2.39. The number of anilines is 1. The molecule has 1 heterocycles. The van der Waals surface area contributed by atoms with Crippen molar-refractivity contribution in [2.24, 2.45) is 11.7 Å². The average Bonchev–Trinajstić information content (AvgIpc) is 2.89. The Kier molecular flexibility index (Phi) is 3.93. The Labute approximate surface area is 129 Å². The van der Waals surface area contributed by atoms with Gasteiger partial charge in [-0.2, -0.15) is 0 Å². The molecule has 2 N–H and O–H groups in total. The first kappa shape index (κ1) is 15.4. The summed E-state index contributed by atoms with van der Waals surface area (Å²) in [5.41, 5.74) is 9.01. The number of fused-ring (bicyclic) bond motifs is 1. The van der Waals surface area contributed by atoms with Gasteiger partial charge in [-0.3, -0.25) is 4.79 Å². The maximum absolute atomic E-state index is 13.2. The fourth-order valence-corrected chi connectivity index (χ4v) is 3.44. The number of benzene rings is 1. The van der Waals surface area contributed by atoms with E-state index in [-0.39, 0.29) is 43.6 Å². The molecule has 2 aliphatic rings. The smallest absolute Gasteiger partial charge is 0.248 e. The Morgan fingerprint density at radius 1 is 1.36 bits per heavy atom. The largest absolute Gasteiger partial charge is 0.324 e. The van der Waals surface area contributed by atoms with Gasteiger partial charge in [-0.25, -0.2) is 8.78 Å².